The fraction of sp³-hybridized carbons (Fsp3) is 1.00. The maximum Gasteiger partial charge on any atom is 0.0243 e. The summed E-state index contributed by atoms with van der Waals surface area (Å²) in [7, 11) is 0. The summed E-state index contributed by atoms with van der Waals surface area (Å²) in [6, 6.07) is 0.630. The number of hydrogen-bond acceptors (Lipinski definition) is 2. The minimum atomic E-state index is 0.365. The monoisotopic (exact) mass is 240 g/mol. The van der Waals surface area contributed by atoms with Crippen molar-refractivity contribution in [3.8, 4) is 0 Å². The molecule has 1 N–H and O–H groups in total. The van der Waals surface area contributed by atoms with Gasteiger partial charge in [0.05, 0.1) is 0 Å². The smallest absolute Gasteiger partial charge is 0.0243 e. The maximum absolute atomic E-state index is 3.71. The maximum atomic E-state index is 3.71. The molecule has 0 aliphatic carbocycles. The first kappa shape index (κ1) is 15.0. The van der Waals surface area contributed by atoms with Crippen molar-refractivity contribution < 1.29 is 0 Å². The van der Waals surface area contributed by atoms with E-state index in [9.17, 15) is 0 Å². The van der Waals surface area contributed by atoms with Crippen LogP contribution in [-0.2, 0) is 0 Å². The minimum Gasteiger partial charge on any atom is -0.312 e. The number of hydrogen-bond donors (Lipinski definition) is 1. The van der Waals surface area contributed by atoms with Gasteiger partial charge < -0.3 is 10.2 Å². The molecule has 0 spiro atoms. The molecular formula is C15H32N2. The van der Waals surface area contributed by atoms with Crippen molar-refractivity contribution in [1.82, 2.24) is 10.2 Å². The zero-order valence-electron chi connectivity index (χ0n) is 12.8. The van der Waals surface area contributed by atoms with Gasteiger partial charge in [-0.3, -0.25) is 0 Å². The molecule has 1 saturated heterocycles. The van der Waals surface area contributed by atoms with Gasteiger partial charge in [-0.25, -0.2) is 0 Å². The van der Waals surface area contributed by atoms with Crippen LogP contribution in [0.1, 0.15) is 54.4 Å². The van der Waals surface area contributed by atoms with Crippen molar-refractivity contribution in [2.45, 2.75) is 60.4 Å². The summed E-state index contributed by atoms with van der Waals surface area (Å²) in [5.74, 6) is 0. The molecule has 0 aromatic rings. The molecule has 0 saturated carbocycles. The number of nitrogens with zero attached hydrogens (tertiary/aromatic N) is 1. The van der Waals surface area contributed by atoms with Crippen LogP contribution in [0, 0.1) is 10.8 Å². The Hall–Kier alpha value is -0.0800. The van der Waals surface area contributed by atoms with Crippen molar-refractivity contribution in [2.75, 3.05) is 26.2 Å². The van der Waals surface area contributed by atoms with E-state index < -0.39 is 0 Å². The average molecular weight is 240 g/mol. The zero-order chi connectivity index (χ0) is 13.1. The molecule has 0 radical (unpaired) electrons. The van der Waals surface area contributed by atoms with Gasteiger partial charge in [0.2, 0.25) is 0 Å². The summed E-state index contributed by atoms with van der Waals surface area (Å²) < 4.78 is 0. The van der Waals surface area contributed by atoms with Crippen LogP contribution in [0.3, 0.4) is 0 Å². The number of nitrogens with one attached hydrogen (secondary N) is 1. The number of rotatable bonds is 2. The lowest BCUT2D eigenvalue weighted by atomic mass is 9.86. The van der Waals surface area contributed by atoms with Gasteiger partial charge in [0.15, 0.2) is 0 Å². The average Bonchev–Trinajstić information content (AvgIpc) is 2.37. The quantitative estimate of drug-likeness (QED) is 0.798. The van der Waals surface area contributed by atoms with Crippen molar-refractivity contribution in [3.63, 3.8) is 0 Å². The van der Waals surface area contributed by atoms with E-state index in [-0.39, 0.29) is 0 Å². The second-order valence-electron chi connectivity index (χ2n) is 7.84. The molecule has 17 heavy (non-hydrogen) atoms. The molecule has 0 amide bonds. The van der Waals surface area contributed by atoms with Gasteiger partial charge in [-0.05, 0) is 43.3 Å². The highest BCUT2D eigenvalue weighted by atomic mass is 15.2. The van der Waals surface area contributed by atoms with Crippen molar-refractivity contribution in [2.24, 2.45) is 10.8 Å². The highest BCUT2D eigenvalue weighted by Crippen LogP contribution is 2.23. The molecule has 102 valence electrons. The molecule has 0 bridgehead atoms. The van der Waals surface area contributed by atoms with Crippen LogP contribution in [0.15, 0.2) is 0 Å². The SMILES string of the molecule is CC(C)(C)CCN1CCCNC(C(C)(C)C)C1. The topological polar surface area (TPSA) is 15.3 Å². The van der Waals surface area contributed by atoms with Crippen LogP contribution < -0.4 is 5.32 Å². The predicted octanol–water partition coefficient (Wildman–Crippen LogP) is 3.13. The lowest BCUT2D eigenvalue weighted by molar-refractivity contribution is 0.179. The van der Waals surface area contributed by atoms with E-state index in [1.807, 2.05) is 0 Å². The third kappa shape index (κ3) is 5.87. The molecule has 0 aromatic heterocycles. The predicted molar refractivity (Wildman–Crippen MR) is 76.4 cm³/mol. The van der Waals surface area contributed by atoms with Crippen LogP contribution in [-0.4, -0.2) is 37.1 Å². The van der Waals surface area contributed by atoms with Crippen LogP contribution in [0.25, 0.3) is 0 Å². The standard InChI is InChI=1S/C15H32N2/c1-14(2,3)8-11-17-10-7-9-16-13(12-17)15(4,5)6/h13,16H,7-12H2,1-6H3. The Bertz CT molecular complexity index is 222. The third-order valence-electron chi connectivity index (χ3n) is 3.71. The highest BCUT2D eigenvalue weighted by Gasteiger charge is 2.28. The summed E-state index contributed by atoms with van der Waals surface area (Å²) in [5, 5.41) is 3.71. The van der Waals surface area contributed by atoms with Crippen LogP contribution in [0.4, 0.5) is 0 Å². The third-order valence-corrected chi connectivity index (χ3v) is 3.71. The second kappa shape index (κ2) is 5.71. The fourth-order valence-electron chi connectivity index (χ4n) is 2.27. The molecule has 1 aliphatic rings. The molecule has 2 heteroatoms. The summed E-state index contributed by atoms with van der Waals surface area (Å²) >= 11 is 0. The molecule has 1 heterocycles. The molecule has 1 atom stereocenters. The van der Waals surface area contributed by atoms with Gasteiger partial charge >= 0.3 is 0 Å². The minimum absolute atomic E-state index is 0.365. The molecule has 1 fully saturated rings. The van der Waals surface area contributed by atoms with E-state index in [4.69, 9.17) is 0 Å². The summed E-state index contributed by atoms with van der Waals surface area (Å²) in [6.45, 7) is 18.9. The van der Waals surface area contributed by atoms with Crippen LogP contribution in [0.2, 0.25) is 0 Å². The molecule has 1 rings (SSSR count). The van der Waals surface area contributed by atoms with Gasteiger partial charge in [-0.15, -0.1) is 0 Å². The van der Waals surface area contributed by atoms with E-state index in [1.54, 1.807) is 0 Å². The van der Waals surface area contributed by atoms with E-state index >= 15 is 0 Å². The first-order valence-corrected chi connectivity index (χ1v) is 7.14. The van der Waals surface area contributed by atoms with Crippen molar-refractivity contribution in [1.29, 1.82) is 0 Å². The van der Waals surface area contributed by atoms with E-state index in [0.29, 0.717) is 16.9 Å². The Kier molecular flexibility index (Phi) is 5.03. The van der Waals surface area contributed by atoms with Gasteiger partial charge in [0, 0.05) is 12.6 Å². The summed E-state index contributed by atoms with van der Waals surface area (Å²) in [5.41, 5.74) is 0.821. The van der Waals surface area contributed by atoms with E-state index in [2.05, 4.69) is 51.8 Å². The largest absolute Gasteiger partial charge is 0.312 e. The van der Waals surface area contributed by atoms with E-state index in [0.717, 1.165) is 0 Å². The Morgan fingerprint density at radius 1 is 1.12 bits per heavy atom. The summed E-state index contributed by atoms with van der Waals surface area (Å²) in [4.78, 5) is 2.65. The van der Waals surface area contributed by atoms with Gasteiger partial charge in [-0.2, -0.15) is 0 Å². The molecule has 0 aromatic carbocycles. The molecule has 2 nitrogen and oxygen atoms in total. The van der Waals surface area contributed by atoms with E-state index in [1.165, 1.54) is 39.0 Å². The van der Waals surface area contributed by atoms with Crippen LogP contribution >= 0.6 is 0 Å². The normalized spacial score (nSPS) is 24.7. The Morgan fingerprint density at radius 3 is 2.29 bits per heavy atom. The lowest BCUT2D eigenvalue weighted by Crippen LogP contribution is -2.46. The first-order chi connectivity index (χ1) is 7.68. The lowest BCUT2D eigenvalue weighted by Gasteiger charge is -2.34. The van der Waals surface area contributed by atoms with Crippen molar-refractivity contribution in [3.05, 3.63) is 0 Å². The van der Waals surface area contributed by atoms with Crippen LogP contribution in [0.5, 0.6) is 0 Å². The van der Waals surface area contributed by atoms with Gasteiger partial charge in [0.1, 0.15) is 0 Å². The summed E-state index contributed by atoms with van der Waals surface area (Å²) in [6.07, 6.45) is 2.58. The first-order valence-electron chi connectivity index (χ1n) is 7.14. The Morgan fingerprint density at radius 2 is 1.76 bits per heavy atom. The van der Waals surface area contributed by atoms with Gasteiger partial charge in [-0.1, -0.05) is 41.5 Å². The van der Waals surface area contributed by atoms with Gasteiger partial charge in [0.25, 0.3) is 0 Å². The Labute approximate surface area is 108 Å². The second-order valence-corrected chi connectivity index (χ2v) is 7.84. The zero-order valence-corrected chi connectivity index (χ0v) is 12.8. The molecule has 1 aliphatic heterocycles. The Balaban J connectivity index is 2.49. The molecular weight excluding hydrogens is 208 g/mol. The van der Waals surface area contributed by atoms with Crippen molar-refractivity contribution >= 4 is 0 Å². The fourth-order valence-corrected chi connectivity index (χ4v) is 2.27. The molecule has 1 unspecified atom stereocenters. The highest BCUT2D eigenvalue weighted by molar-refractivity contribution is 4.86.